The quantitative estimate of drug-likeness (QED) is 0.802. The van der Waals surface area contributed by atoms with E-state index in [2.05, 4.69) is 35.6 Å². The Hall–Kier alpha value is -1.33. The highest BCUT2D eigenvalue weighted by Gasteiger charge is 2.39. The lowest BCUT2D eigenvalue weighted by atomic mass is 10.0. The van der Waals surface area contributed by atoms with Crippen molar-refractivity contribution in [2.24, 2.45) is 0 Å². The molecule has 0 saturated carbocycles. The molecule has 5 nitrogen and oxygen atoms in total. The Bertz CT molecular complexity index is 553. The van der Waals surface area contributed by atoms with Crippen LogP contribution in [0, 0.1) is 0 Å². The fraction of sp³-hybridized carbons (Fsp3) is 0.737. The van der Waals surface area contributed by atoms with Gasteiger partial charge in [-0.05, 0) is 64.5 Å². The van der Waals surface area contributed by atoms with Gasteiger partial charge in [0.05, 0.1) is 6.54 Å². The molecule has 1 amide bonds. The minimum Gasteiger partial charge on any atom is -0.455 e. The van der Waals surface area contributed by atoms with Gasteiger partial charge in [-0.2, -0.15) is 0 Å². The summed E-state index contributed by atoms with van der Waals surface area (Å²) >= 11 is 0. The number of likely N-dealkylation sites (N-methyl/N-ethyl adjacent to an activating group) is 1. The highest BCUT2D eigenvalue weighted by Crippen LogP contribution is 2.30. The Morgan fingerprint density at radius 1 is 1.17 bits per heavy atom. The molecular weight excluding hydrogens is 302 g/mol. The van der Waals surface area contributed by atoms with Crippen LogP contribution in [-0.4, -0.2) is 65.9 Å². The Morgan fingerprint density at radius 3 is 2.54 bits per heavy atom. The maximum absolute atomic E-state index is 13.0. The fourth-order valence-corrected chi connectivity index (χ4v) is 4.25. The average molecular weight is 333 g/mol. The zero-order valence-electron chi connectivity index (χ0n) is 15.3. The van der Waals surface area contributed by atoms with Crippen molar-refractivity contribution in [1.82, 2.24) is 14.7 Å². The molecule has 1 aromatic rings. The van der Waals surface area contributed by atoms with Crippen LogP contribution < -0.4 is 0 Å². The minimum atomic E-state index is 0.0728. The van der Waals surface area contributed by atoms with Gasteiger partial charge in [-0.15, -0.1) is 0 Å². The normalized spacial score (nSPS) is 25.1. The summed E-state index contributed by atoms with van der Waals surface area (Å²) < 4.78 is 5.88. The molecule has 2 fully saturated rings. The molecule has 3 rings (SSSR count). The van der Waals surface area contributed by atoms with E-state index in [0.717, 1.165) is 51.3 Å². The SMILES string of the molecule is CCN(CC)Cc1ccc(C(=O)N2CCC[C@@H]2[C@@H]2CCCN2C)o1. The first-order valence-corrected chi connectivity index (χ1v) is 9.46. The van der Waals surface area contributed by atoms with E-state index < -0.39 is 0 Å². The van der Waals surface area contributed by atoms with E-state index in [9.17, 15) is 4.79 Å². The van der Waals surface area contributed by atoms with Gasteiger partial charge in [0.25, 0.3) is 5.91 Å². The summed E-state index contributed by atoms with van der Waals surface area (Å²) in [5, 5.41) is 0. The van der Waals surface area contributed by atoms with Crippen molar-refractivity contribution in [2.75, 3.05) is 33.2 Å². The lowest BCUT2D eigenvalue weighted by Crippen LogP contribution is -2.47. The molecule has 0 spiro atoms. The summed E-state index contributed by atoms with van der Waals surface area (Å²) in [5.74, 6) is 1.46. The molecule has 2 aliphatic heterocycles. The third kappa shape index (κ3) is 3.52. The van der Waals surface area contributed by atoms with Gasteiger partial charge in [0.2, 0.25) is 0 Å². The number of likely N-dealkylation sites (tertiary alicyclic amines) is 2. The van der Waals surface area contributed by atoms with Gasteiger partial charge in [0.15, 0.2) is 5.76 Å². The lowest BCUT2D eigenvalue weighted by molar-refractivity contribution is 0.0629. The number of carbonyl (C=O) groups is 1. The zero-order chi connectivity index (χ0) is 17.1. The molecule has 24 heavy (non-hydrogen) atoms. The van der Waals surface area contributed by atoms with Crippen LogP contribution in [0.3, 0.4) is 0 Å². The summed E-state index contributed by atoms with van der Waals surface area (Å²) in [6.45, 7) is 9.05. The first-order valence-electron chi connectivity index (χ1n) is 9.46. The Morgan fingerprint density at radius 2 is 1.88 bits per heavy atom. The molecular formula is C19H31N3O2. The summed E-state index contributed by atoms with van der Waals surface area (Å²) in [6, 6.07) is 4.68. The molecule has 2 atom stereocenters. The highest BCUT2D eigenvalue weighted by molar-refractivity contribution is 5.92. The van der Waals surface area contributed by atoms with Crippen molar-refractivity contribution in [3.8, 4) is 0 Å². The third-order valence-corrected chi connectivity index (χ3v) is 5.73. The Labute approximate surface area is 145 Å². The lowest BCUT2D eigenvalue weighted by Gasteiger charge is -2.32. The number of rotatable bonds is 6. The minimum absolute atomic E-state index is 0.0728. The van der Waals surface area contributed by atoms with E-state index in [1.807, 2.05) is 12.1 Å². The van der Waals surface area contributed by atoms with Crippen molar-refractivity contribution >= 4 is 5.91 Å². The van der Waals surface area contributed by atoms with Gasteiger partial charge in [-0.25, -0.2) is 0 Å². The second-order valence-electron chi connectivity index (χ2n) is 7.13. The van der Waals surface area contributed by atoms with Gasteiger partial charge in [0.1, 0.15) is 5.76 Å². The van der Waals surface area contributed by atoms with Crippen LogP contribution in [-0.2, 0) is 6.54 Å². The van der Waals surface area contributed by atoms with Crippen LogP contribution in [0.4, 0.5) is 0 Å². The Kier molecular flexibility index (Phi) is 5.61. The second kappa shape index (κ2) is 7.70. The topological polar surface area (TPSA) is 39.9 Å². The number of carbonyl (C=O) groups excluding carboxylic acids is 1. The maximum Gasteiger partial charge on any atom is 0.289 e. The predicted octanol–water partition coefficient (Wildman–Crippen LogP) is 2.82. The Balaban J connectivity index is 1.68. The number of hydrogen-bond acceptors (Lipinski definition) is 4. The number of hydrogen-bond donors (Lipinski definition) is 0. The van der Waals surface area contributed by atoms with E-state index in [4.69, 9.17) is 4.42 Å². The van der Waals surface area contributed by atoms with Gasteiger partial charge < -0.3 is 14.2 Å². The molecule has 0 aliphatic carbocycles. The van der Waals surface area contributed by atoms with Crippen LogP contribution >= 0.6 is 0 Å². The van der Waals surface area contributed by atoms with Crippen LogP contribution in [0.25, 0.3) is 0 Å². The van der Waals surface area contributed by atoms with E-state index in [-0.39, 0.29) is 5.91 Å². The van der Waals surface area contributed by atoms with Gasteiger partial charge in [0, 0.05) is 18.6 Å². The number of nitrogens with zero attached hydrogens (tertiary/aromatic N) is 3. The van der Waals surface area contributed by atoms with Crippen LogP contribution in [0.15, 0.2) is 16.5 Å². The van der Waals surface area contributed by atoms with Crippen LogP contribution in [0.2, 0.25) is 0 Å². The van der Waals surface area contributed by atoms with E-state index in [1.54, 1.807) is 0 Å². The van der Waals surface area contributed by atoms with Crippen molar-refractivity contribution in [2.45, 2.75) is 58.2 Å². The van der Waals surface area contributed by atoms with E-state index in [1.165, 1.54) is 12.8 Å². The second-order valence-corrected chi connectivity index (χ2v) is 7.13. The standard InChI is InChI=1S/C19H31N3O2/c1-4-21(5-2)14-15-10-11-18(24-15)19(23)22-13-7-9-17(22)16-8-6-12-20(16)3/h10-11,16-17H,4-9,12-14H2,1-3H3/t16-,17+/m0/s1. The molecule has 0 unspecified atom stereocenters. The summed E-state index contributed by atoms with van der Waals surface area (Å²) in [7, 11) is 2.19. The number of furan rings is 1. The van der Waals surface area contributed by atoms with E-state index in [0.29, 0.717) is 17.8 Å². The summed E-state index contributed by atoms with van der Waals surface area (Å²) in [6.07, 6.45) is 4.67. The molecule has 2 aliphatic rings. The molecule has 0 radical (unpaired) electrons. The number of amides is 1. The van der Waals surface area contributed by atoms with Crippen molar-refractivity contribution in [3.05, 3.63) is 23.7 Å². The smallest absolute Gasteiger partial charge is 0.289 e. The first kappa shape index (κ1) is 17.5. The zero-order valence-corrected chi connectivity index (χ0v) is 15.3. The first-order chi connectivity index (χ1) is 11.6. The average Bonchev–Trinajstić information content (AvgIpc) is 3.32. The summed E-state index contributed by atoms with van der Waals surface area (Å²) in [5.41, 5.74) is 0. The van der Waals surface area contributed by atoms with E-state index >= 15 is 0 Å². The largest absolute Gasteiger partial charge is 0.455 e. The molecule has 0 aromatic carbocycles. The van der Waals surface area contributed by atoms with Gasteiger partial charge >= 0.3 is 0 Å². The fourth-order valence-electron chi connectivity index (χ4n) is 4.25. The molecule has 5 heteroatoms. The predicted molar refractivity (Wildman–Crippen MR) is 95.0 cm³/mol. The van der Waals surface area contributed by atoms with Crippen molar-refractivity contribution < 1.29 is 9.21 Å². The molecule has 1 aromatic heterocycles. The molecule has 134 valence electrons. The van der Waals surface area contributed by atoms with Crippen molar-refractivity contribution in [1.29, 1.82) is 0 Å². The van der Waals surface area contributed by atoms with Gasteiger partial charge in [-0.3, -0.25) is 9.69 Å². The van der Waals surface area contributed by atoms with Crippen molar-refractivity contribution in [3.63, 3.8) is 0 Å². The van der Waals surface area contributed by atoms with Crippen LogP contribution in [0.1, 0.15) is 55.8 Å². The molecule has 3 heterocycles. The van der Waals surface area contributed by atoms with Crippen LogP contribution in [0.5, 0.6) is 0 Å². The highest BCUT2D eigenvalue weighted by atomic mass is 16.4. The maximum atomic E-state index is 13.0. The molecule has 2 saturated heterocycles. The molecule has 0 N–H and O–H groups in total. The third-order valence-electron chi connectivity index (χ3n) is 5.73. The monoisotopic (exact) mass is 333 g/mol. The molecule has 0 bridgehead atoms. The summed E-state index contributed by atoms with van der Waals surface area (Å²) in [4.78, 5) is 19.7. The van der Waals surface area contributed by atoms with Gasteiger partial charge in [-0.1, -0.05) is 13.8 Å².